The van der Waals surface area contributed by atoms with Crippen molar-refractivity contribution < 1.29 is 18.7 Å². The van der Waals surface area contributed by atoms with Gasteiger partial charge in [-0.1, -0.05) is 35.5 Å². The molecule has 0 spiro atoms. The number of nitriles is 1. The van der Waals surface area contributed by atoms with Crippen LogP contribution in [0.5, 0.6) is 11.5 Å². The molecule has 158 valence electrons. The summed E-state index contributed by atoms with van der Waals surface area (Å²) in [6, 6.07) is 19.1. The van der Waals surface area contributed by atoms with Crippen molar-refractivity contribution in [2.75, 3.05) is 6.61 Å². The Labute approximate surface area is 188 Å². The van der Waals surface area contributed by atoms with Crippen molar-refractivity contribution in [3.05, 3.63) is 93.2 Å². The first-order valence-electron chi connectivity index (χ1n) is 9.57. The lowest BCUT2D eigenvalue weighted by molar-refractivity contribution is 0.132. The monoisotopic (exact) mass is 482 g/mol. The van der Waals surface area contributed by atoms with E-state index in [0.717, 1.165) is 21.2 Å². The normalized spacial score (nSPS) is 10.6. The van der Waals surface area contributed by atoms with Gasteiger partial charge in [0.15, 0.2) is 11.5 Å². The molecule has 31 heavy (non-hydrogen) atoms. The molecular formula is C24H20BrFN2O3. The van der Waals surface area contributed by atoms with Crippen molar-refractivity contribution in [1.29, 1.82) is 5.26 Å². The molecule has 0 atom stereocenters. The van der Waals surface area contributed by atoms with E-state index in [0.29, 0.717) is 23.7 Å². The van der Waals surface area contributed by atoms with Crippen molar-refractivity contribution in [1.82, 2.24) is 0 Å². The molecule has 0 aliphatic heterocycles. The predicted octanol–water partition coefficient (Wildman–Crippen LogP) is 5.99. The summed E-state index contributed by atoms with van der Waals surface area (Å²) >= 11 is 3.51. The van der Waals surface area contributed by atoms with Gasteiger partial charge in [0.05, 0.1) is 24.5 Å². The maximum absolute atomic E-state index is 13.1. The van der Waals surface area contributed by atoms with Crippen LogP contribution in [-0.4, -0.2) is 12.8 Å². The summed E-state index contributed by atoms with van der Waals surface area (Å²) in [5.41, 5.74) is 2.91. The minimum atomic E-state index is -0.288. The Kier molecular flexibility index (Phi) is 8.02. The van der Waals surface area contributed by atoms with Gasteiger partial charge in [0.1, 0.15) is 19.0 Å². The first kappa shape index (κ1) is 22.3. The third-order valence-electron chi connectivity index (χ3n) is 4.29. The first-order chi connectivity index (χ1) is 15.1. The van der Waals surface area contributed by atoms with E-state index in [1.165, 1.54) is 12.1 Å². The molecular weight excluding hydrogens is 463 g/mol. The van der Waals surface area contributed by atoms with Crippen LogP contribution in [0.1, 0.15) is 29.2 Å². The Morgan fingerprint density at radius 1 is 1.03 bits per heavy atom. The van der Waals surface area contributed by atoms with Gasteiger partial charge in [0, 0.05) is 15.6 Å². The lowest BCUT2D eigenvalue weighted by Gasteiger charge is -2.14. The van der Waals surface area contributed by atoms with Crippen LogP contribution in [-0.2, 0) is 18.1 Å². The molecule has 0 aliphatic carbocycles. The van der Waals surface area contributed by atoms with Crippen LogP contribution in [0.3, 0.4) is 0 Å². The fraction of sp³-hybridized carbons (Fsp3) is 0.167. The highest BCUT2D eigenvalue weighted by atomic mass is 79.9. The molecule has 0 aromatic heterocycles. The summed E-state index contributed by atoms with van der Waals surface area (Å²) in [5, 5.41) is 13.1. The fourth-order valence-corrected chi connectivity index (χ4v) is 3.15. The Morgan fingerprint density at radius 2 is 1.77 bits per heavy atom. The summed E-state index contributed by atoms with van der Waals surface area (Å²) in [6.45, 7) is 2.82. The van der Waals surface area contributed by atoms with Crippen molar-refractivity contribution in [3.63, 3.8) is 0 Å². The second kappa shape index (κ2) is 11.1. The van der Waals surface area contributed by atoms with Gasteiger partial charge in [0.2, 0.25) is 0 Å². The van der Waals surface area contributed by atoms with Crippen LogP contribution in [0.4, 0.5) is 4.39 Å². The van der Waals surface area contributed by atoms with Crippen LogP contribution < -0.4 is 9.47 Å². The fourth-order valence-electron chi connectivity index (χ4n) is 2.73. The molecule has 0 saturated carbocycles. The maximum Gasteiger partial charge on any atom is 0.162 e. The number of rotatable bonds is 9. The van der Waals surface area contributed by atoms with Crippen molar-refractivity contribution in [2.24, 2.45) is 5.16 Å². The average Bonchev–Trinajstić information content (AvgIpc) is 2.78. The molecule has 0 amide bonds. The Morgan fingerprint density at radius 3 is 2.52 bits per heavy atom. The third kappa shape index (κ3) is 6.30. The van der Waals surface area contributed by atoms with Gasteiger partial charge in [-0.2, -0.15) is 5.26 Å². The van der Waals surface area contributed by atoms with Crippen LogP contribution in [0.2, 0.25) is 0 Å². The number of hydrogen-bond acceptors (Lipinski definition) is 5. The molecule has 0 fully saturated rings. The topological polar surface area (TPSA) is 63.8 Å². The van der Waals surface area contributed by atoms with Gasteiger partial charge in [-0.05, 0) is 58.7 Å². The van der Waals surface area contributed by atoms with Gasteiger partial charge < -0.3 is 14.3 Å². The molecule has 3 aromatic carbocycles. The van der Waals surface area contributed by atoms with Gasteiger partial charge in [-0.15, -0.1) is 0 Å². The van der Waals surface area contributed by atoms with Gasteiger partial charge in [0.25, 0.3) is 0 Å². The Balaban J connectivity index is 1.69. The highest BCUT2D eigenvalue weighted by Gasteiger charge is 2.11. The van der Waals surface area contributed by atoms with E-state index in [1.54, 1.807) is 42.6 Å². The molecule has 0 saturated heterocycles. The van der Waals surface area contributed by atoms with Crippen LogP contribution in [0, 0.1) is 17.1 Å². The summed E-state index contributed by atoms with van der Waals surface area (Å²) < 4.78 is 25.4. The van der Waals surface area contributed by atoms with Crippen LogP contribution >= 0.6 is 15.9 Å². The molecule has 3 rings (SSSR count). The maximum atomic E-state index is 13.1. The highest BCUT2D eigenvalue weighted by Crippen LogP contribution is 2.34. The van der Waals surface area contributed by atoms with E-state index in [-0.39, 0.29) is 19.0 Å². The molecule has 0 heterocycles. The Hall–Kier alpha value is -3.37. The number of halogens is 2. The summed E-state index contributed by atoms with van der Waals surface area (Å²) in [5.74, 6) is 0.826. The largest absolute Gasteiger partial charge is 0.490 e. The van der Waals surface area contributed by atoms with E-state index in [4.69, 9.17) is 19.6 Å². The Bertz CT molecular complexity index is 1090. The number of oxime groups is 1. The van der Waals surface area contributed by atoms with Crippen molar-refractivity contribution in [3.8, 4) is 17.6 Å². The molecule has 3 aromatic rings. The van der Waals surface area contributed by atoms with E-state index in [9.17, 15) is 4.39 Å². The SMILES string of the molecule is CCOc1cc(/C=N\OCc2ccccc2C#N)c(Br)cc1OCc1ccc(F)cc1. The highest BCUT2D eigenvalue weighted by molar-refractivity contribution is 9.10. The number of benzene rings is 3. The lowest BCUT2D eigenvalue weighted by atomic mass is 10.1. The number of ether oxygens (including phenoxy) is 2. The van der Waals surface area contributed by atoms with E-state index < -0.39 is 0 Å². The number of nitrogens with zero attached hydrogens (tertiary/aromatic N) is 2. The summed E-state index contributed by atoms with van der Waals surface area (Å²) in [4.78, 5) is 5.36. The molecule has 0 bridgehead atoms. The minimum absolute atomic E-state index is 0.190. The van der Waals surface area contributed by atoms with E-state index in [1.807, 2.05) is 19.1 Å². The summed E-state index contributed by atoms with van der Waals surface area (Å²) in [7, 11) is 0. The molecule has 0 aliphatic rings. The van der Waals surface area contributed by atoms with Crippen molar-refractivity contribution >= 4 is 22.1 Å². The molecule has 0 radical (unpaired) electrons. The second-order valence-electron chi connectivity index (χ2n) is 6.45. The zero-order chi connectivity index (χ0) is 22.1. The quantitative estimate of drug-likeness (QED) is 0.277. The van der Waals surface area contributed by atoms with Crippen LogP contribution in [0.25, 0.3) is 0 Å². The van der Waals surface area contributed by atoms with Crippen LogP contribution in [0.15, 0.2) is 70.3 Å². The van der Waals surface area contributed by atoms with Gasteiger partial charge >= 0.3 is 0 Å². The van der Waals surface area contributed by atoms with Gasteiger partial charge in [-0.3, -0.25) is 0 Å². The second-order valence-corrected chi connectivity index (χ2v) is 7.30. The molecule has 5 nitrogen and oxygen atoms in total. The predicted molar refractivity (Wildman–Crippen MR) is 120 cm³/mol. The summed E-state index contributed by atoms with van der Waals surface area (Å²) in [6.07, 6.45) is 1.56. The average molecular weight is 483 g/mol. The zero-order valence-corrected chi connectivity index (χ0v) is 18.4. The third-order valence-corrected chi connectivity index (χ3v) is 4.98. The standard InChI is InChI=1S/C24H20BrFN2O3/c1-2-29-23-11-20(14-28-31-16-19-6-4-3-5-18(19)13-27)22(25)12-24(23)30-15-17-7-9-21(26)10-8-17/h3-12,14H,2,15-16H2,1H3/b28-14-. The molecule has 7 heteroatoms. The molecule has 0 unspecified atom stereocenters. The zero-order valence-electron chi connectivity index (χ0n) is 16.8. The van der Waals surface area contributed by atoms with Gasteiger partial charge in [-0.25, -0.2) is 4.39 Å². The molecule has 0 N–H and O–H groups in total. The number of hydrogen-bond donors (Lipinski definition) is 0. The smallest absolute Gasteiger partial charge is 0.162 e. The van der Waals surface area contributed by atoms with E-state index in [2.05, 4.69) is 27.2 Å². The van der Waals surface area contributed by atoms with Crippen molar-refractivity contribution in [2.45, 2.75) is 20.1 Å². The first-order valence-corrected chi connectivity index (χ1v) is 10.4. The minimum Gasteiger partial charge on any atom is -0.490 e. The van der Waals surface area contributed by atoms with E-state index >= 15 is 0 Å². The lowest BCUT2D eigenvalue weighted by Crippen LogP contribution is -2.01.